The van der Waals surface area contributed by atoms with E-state index in [0.717, 1.165) is 9.88 Å². The number of nitrogens with two attached hydrogens (primary N) is 1. The van der Waals surface area contributed by atoms with Gasteiger partial charge in [-0.2, -0.15) is 0 Å². The van der Waals surface area contributed by atoms with Gasteiger partial charge in [-0.25, -0.2) is 4.98 Å². The van der Waals surface area contributed by atoms with Gasteiger partial charge in [0.2, 0.25) is 0 Å². The zero-order valence-electron chi connectivity index (χ0n) is 8.03. The Labute approximate surface area is 87.4 Å². The van der Waals surface area contributed by atoms with Crippen molar-refractivity contribution in [3.63, 3.8) is 0 Å². The van der Waals surface area contributed by atoms with Crippen molar-refractivity contribution >= 4 is 11.3 Å². The summed E-state index contributed by atoms with van der Waals surface area (Å²) in [6, 6.07) is 8.35. The Morgan fingerprint density at radius 3 is 2.93 bits per heavy atom. The van der Waals surface area contributed by atoms with E-state index in [1.807, 2.05) is 12.3 Å². The maximum Gasteiger partial charge on any atom is 0.123 e. The zero-order chi connectivity index (χ0) is 9.97. The molecule has 1 heterocycles. The molecule has 2 nitrogen and oxygen atoms in total. The summed E-state index contributed by atoms with van der Waals surface area (Å²) in [6.45, 7) is 2.66. The van der Waals surface area contributed by atoms with Crippen LogP contribution in [0.4, 0.5) is 0 Å². The van der Waals surface area contributed by atoms with Gasteiger partial charge >= 0.3 is 0 Å². The van der Waals surface area contributed by atoms with E-state index in [9.17, 15) is 0 Å². The summed E-state index contributed by atoms with van der Waals surface area (Å²) in [5.41, 5.74) is 7.97. The van der Waals surface area contributed by atoms with Gasteiger partial charge in [-0.3, -0.25) is 0 Å². The minimum Gasteiger partial charge on any atom is -0.326 e. The molecular weight excluding hydrogens is 192 g/mol. The lowest BCUT2D eigenvalue weighted by Gasteiger charge is -1.96. The first-order valence-corrected chi connectivity index (χ1v) is 5.33. The van der Waals surface area contributed by atoms with Gasteiger partial charge in [0.15, 0.2) is 0 Å². The second-order valence-electron chi connectivity index (χ2n) is 3.21. The maximum absolute atomic E-state index is 5.54. The van der Waals surface area contributed by atoms with E-state index in [-0.39, 0.29) is 0 Å². The number of rotatable bonds is 2. The number of aromatic nitrogens is 1. The molecule has 0 bridgehead atoms. The van der Waals surface area contributed by atoms with E-state index in [0.29, 0.717) is 6.54 Å². The minimum atomic E-state index is 0.573. The van der Waals surface area contributed by atoms with Crippen LogP contribution in [0.15, 0.2) is 30.5 Å². The Hall–Kier alpha value is -1.19. The first kappa shape index (κ1) is 9.37. The Bertz CT molecular complexity index is 434. The summed E-state index contributed by atoms with van der Waals surface area (Å²) in [6.07, 6.45) is 1.85. The predicted molar refractivity (Wildman–Crippen MR) is 60.2 cm³/mol. The highest BCUT2D eigenvalue weighted by Crippen LogP contribution is 2.25. The molecule has 1 aromatic heterocycles. The molecule has 0 saturated carbocycles. The average molecular weight is 204 g/mol. The number of benzene rings is 1. The van der Waals surface area contributed by atoms with Crippen LogP contribution in [0.1, 0.15) is 10.4 Å². The van der Waals surface area contributed by atoms with E-state index in [4.69, 9.17) is 5.73 Å². The second-order valence-corrected chi connectivity index (χ2v) is 4.32. The van der Waals surface area contributed by atoms with Crippen molar-refractivity contribution in [2.45, 2.75) is 13.5 Å². The van der Waals surface area contributed by atoms with Crippen molar-refractivity contribution in [2.75, 3.05) is 0 Å². The standard InChI is InChI=1S/C11H12N2S/c1-8-3-2-4-9(5-8)11-13-7-10(6-12)14-11/h2-5,7H,6,12H2,1H3. The molecule has 0 aliphatic rings. The van der Waals surface area contributed by atoms with Gasteiger partial charge in [-0.05, 0) is 13.0 Å². The number of thiazole rings is 1. The van der Waals surface area contributed by atoms with Crippen molar-refractivity contribution < 1.29 is 0 Å². The lowest BCUT2D eigenvalue weighted by atomic mass is 10.1. The highest BCUT2D eigenvalue weighted by molar-refractivity contribution is 7.15. The summed E-state index contributed by atoms with van der Waals surface area (Å²) >= 11 is 1.66. The van der Waals surface area contributed by atoms with Crippen LogP contribution in [-0.2, 0) is 6.54 Å². The Morgan fingerprint density at radius 2 is 2.29 bits per heavy atom. The van der Waals surface area contributed by atoms with Crippen LogP contribution in [0.25, 0.3) is 10.6 Å². The SMILES string of the molecule is Cc1cccc(-c2ncc(CN)s2)c1. The van der Waals surface area contributed by atoms with Gasteiger partial charge in [0.1, 0.15) is 5.01 Å². The highest BCUT2D eigenvalue weighted by atomic mass is 32.1. The fourth-order valence-corrected chi connectivity index (χ4v) is 2.10. The molecular formula is C11H12N2S. The van der Waals surface area contributed by atoms with E-state index in [1.54, 1.807) is 11.3 Å². The molecule has 1 aromatic carbocycles. The van der Waals surface area contributed by atoms with Crippen LogP contribution in [0.2, 0.25) is 0 Å². The van der Waals surface area contributed by atoms with Gasteiger partial charge < -0.3 is 5.73 Å². The fourth-order valence-electron chi connectivity index (χ4n) is 1.31. The molecule has 2 N–H and O–H groups in total. The largest absolute Gasteiger partial charge is 0.326 e. The van der Waals surface area contributed by atoms with Crippen LogP contribution in [0, 0.1) is 6.92 Å². The molecule has 0 aliphatic carbocycles. The number of aryl methyl sites for hydroxylation is 1. The van der Waals surface area contributed by atoms with Crippen LogP contribution >= 0.6 is 11.3 Å². The van der Waals surface area contributed by atoms with Crippen LogP contribution in [-0.4, -0.2) is 4.98 Å². The number of hydrogen-bond donors (Lipinski definition) is 1. The van der Waals surface area contributed by atoms with E-state index in [1.165, 1.54) is 11.1 Å². The van der Waals surface area contributed by atoms with Crippen LogP contribution in [0.3, 0.4) is 0 Å². The van der Waals surface area contributed by atoms with E-state index < -0.39 is 0 Å². The van der Waals surface area contributed by atoms with E-state index >= 15 is 0 Å². The molecule has 0 atom stereocenters. The summed E-state index contributed by atoms with van der Waals surface area (Å²) in [4.78, 5) is 5.46. The van der Waals surface area contributed by atoms with Crippen molar-refractivity contribution in [3.05, 3.63) is 40.9 Å². The molecule has 0 spiro atoms. The molecule has 72 valence electrons. The second kappa shape index (κ2) is 3.90. The number of nitrogens with zero attached hydrogens (tertiary/aromatic N) is 1. The fraction of sp³-hybridized carbons (Fsp3) is 0.182. The van der Waals surface area contributed by atoms with Gasteiger partial charge in [0.25, 0.3) is 0 Å². The Morgan fingerprint density at radius 1 is 1.43 bits per heavy atom. The molecule has 2 rings (SSSR count). The smallest absolute Gasteiger partial charge is 0.123 e. The van der Waals surface area contributed by atoms with Gasteiger partial charge in [-0.15, -0.1) is 11.3 Å². The van der Waals surface area contributed by atoms with Gasteiger partial charge in [0, 0.05) is 23.2 Å². The molecule has 0 aliphatic heterocycles. The molecule has 0 saturated heterocycles. The summed E-state index contributed by atoms with van der Waals surface area (Å²) in [5.74, 6) is 0. The topological polar surface area (TPSA) is 38.9 Å². The molecule has 14 heavy (non-hydrogen) atoms. The summed E-state index contributed by atoms with van der Waals surface area (Å²) in [7, 11) is 0. The van der Waals surface area contributed by atoms with Crippen molar-refractivity contribution in [1.29, 1.82) is 0 Å². The first-order chi connectivity index (χ1) is 6.79. The van der Waals surface area contributed by atoms with Crippen molar-refractivity contribution in [2.24, 2.45) is 5.73 Å². The summed E-state index contributed by atoms with van der Waals surface area (Å²) < 4.78 is 0. The lowest BCUT2D eigenvalue weighted by molar-refractivity contribution is 1.10. The molecule has 3 heteroatoms. The summed E-state index contributed by atoms with van der Waals surface area (Å²) in [5, 5.41) is 1.05. The van der Waals surface area contributed by atoms with Gasteiger partial charge in [-0.1, -0.05) is 23.8 Å². The normalized spacial score (nSPS) is 10.4. The van der Waals surface area contributed by atoms with Crippen molar-refractivity contribution in [3.8, 4) is 10.6 Å². The number of hydrogen-bond acceptors (Lipinski definition) is 3. The maximum atomic E-state index is 5.54. The zero-order valence-corrected chi connectivity index (χ0v) is 8.84. The third-order valence-electron chi connectivity index (χ3n) is 2.02. The molecule has 2 aromatic rings. The molecule has 0 unspecified atom stereocenters. The Kier molecular flexibility index (Phi) is 2.61. The third kappa shape index (κ3) is 1.84. The third-order valence-corrected chi connectivity index (χ3v) is 3.09. The monoisotopic (exact) mass is 204 g/mol. The highest BCUT2D eigenvalue weighted by Gasteiger charge is 2.02. The first-order valence-electron chi connectivity index (χ1n) is 4.51. The molecule has 0 amide bonds. The molecule has 0 radical (unpaired) electrons. The average Bonchev–Trinajstić information content (AvgIpc) is 2.66. The van der Waals surface area contributed by atoms with Crippen molar-refractivity contribution in [1.82, 2.24) is 4.98 Å². The van der Waals surface area contributed by atoms with E-state index in [2.05, 4.69) is 30.1 Å². The Balaban J connectivity index is 2.39. The molecule has 0 fully saturated rings. The van der Waals surface area contributed by atoms with Crippen LogP contribution in [0.5, 0.6) is 0 Å². The minimum absolute atomic E-state index is 0.573. The van der Waals surface area contributed by atoms with Gasteiger partial charge in [0.05, 0.1) is 0 Å². The van der Waals surface area contributed by atoms with Crippen LogP contribution < -0.4 is 5.73 Å². The lowest BCUT2D eigenvalue weighted by Crippen LogP contribution is -1.91. The quantitative estimate of drug-likeness (QED) is 0.816. The predicted octanol–water partition coefficient (Wildman–Crippen LogP) is 2.58.